The SMILES string of the molecule is O=C1NC(C(=O)N2CCOCC2)CN1Cc1ccccc1. The average Bonchev–Trinajstić information content (AvgIpc) is 2.89. The molecule has 2 aliphatic heterocycles. The number of carbonyl (C=O) groups is 2. The molecule has 0 saturated carbocycles. The largest absolute Gasteiger partial charge is 0.378 e. The Kier molecular flexibility index (Phi) is 4.06. The van der Waals surface area contributed by atoms with Gasteiger partial charge in [-0.15, -0.1) is 0 Å². The molecule has 6 heteroatoms. The standard InChI is InChI=1S/C15H19N3O3/c19-14(17-6-8-21-9-7-17)13-11-18(15(20)16-13)10-12-4-2-1-3-5-12/h1-5,13H,6-11H2,(H,16,20). The normalized spacial score (nSPS) is 22.3. The van der Waals surface area contributed by atoms with Crippen LogP contribution in [0.3, 0.4) is 0 Å². The maximum absolute atomic E-state index is 12.4. The number of hydrogen-bond acceptors (Lipinski definition) is 3. The highest BCUT2D eigenvalue weighted by molar-refractivity contribution is 5.90. The van der Waals surface area contributed by atoms with Gasteiger partial charge in [0.25, 0.3) is 0 Å². The third-order valence-corrected chi connectivity index (χ3v) is 3.82. The average molecular weight is 289 g/mol. The van der Waals surface area contributed by atoms with Crippen LogP contribution in [0.5, 0.6) is 0 Å². The molecular weight excluding hydrogens is 270 g/mol. The lowest BCUT2D eigenvalue weighted by atomic mass is 10.2. The monoisotopic (exact) mass is 289 g/mol. The second kappa shape index (κ2) is 6.13. The summed E-state index contributed by atoms with van der Waals surface area (Å²) in [6.45, 7) is 3.29. The van der Waals surface area contributed by atoms with Crippen molar-refractivity contribution in [1.82, 2.24) is 15.1 Å². The summed E-state index contributed by atoms with van der Waals surface area (Å²) in [5.74, 6) is -0.0118. The molecule has 0 radical (unpaired) electrons. The highest BCUT2D eigenvalue weighted by Gasteiger charge is 2.36. The van der Waals surface area contributed by atoms with Crippen molar-refractivity contribution >= 4 is 11.9 Å². The van der Waals surface area contributed by atoms with E-state index in [9.17, 15) is 9.59 Å². The fraction of sp³-hybridized carbons (Fsp3) is 0.467. The van der Waals surface area contributed by atoms with Gasteiger partial charge in [0, 0.05) is 19.6 Å². The van der Waals surface area contributed by atoms with Crippen LogP contribution in [0.4, 0.5) is 4.79 Å². The number of rotatable bonds is 3. The first-order chi connectivity index (χ1) is 10.2. The molecule has 112 valence electrons. The van der Waals surface area contributed by atoms with Gasteiger partial charge in [0.05, 0.1) is 19.8 Å². The van der Waals surface area contributed by atoms with Crippen molar-refractivity contribution in [2.75, 3.05) is 32.8 Å². The Bertz CT molecular complexity index is 514. The lowest BCUT2D eigenvalue weighted by Gasteiger charge is -2.28. The van der Waals surface area contributed by atoms with E-state index in [-0.39, 0.29) is 11.9 Å². The van der Waals surface area contributed by atoms with Gasteiger partial charge in [-0.1, -0.05) is 30.3 Å². The van der Waals surface area contributed by atoms with Crippen molar-refractivity contribution in [2.24, 2.45) is 0 Å². The minimum atomic E-state index is -0.445. The second-order valence-corrected chi connectivity index (χ2v) is 5.31. The topological polar surface area (TPSA) is 61.9 Å². The summed E-state index contributed by atoms with van der Waals surface area (Å²) in [7, 11) is 0. The Balaban J connectivity index is 1.60. The van der Waals surface area contributed by atoms with Gasteiger partial charge in [-0.05, 0) is 5.56 Å². The van der Waals surface area contributed by atoms with Crippen molar-refractivity contribution in [2.45, 2.75) is 12.6 Å². The summed E-state index contributed by atoms with van der Waals surface area (Å²) < 4.78 is 5.24. The van der Waals surface area contributed by atoms with Gasteiger partial charge < -0.3 is 19.9 Å². The van der Waals surface area contributed by atoms with Crippen LogP contribution in [-0.4, -0.2) is 60.6 Å². The molecule has 1 atom stereocenters. The lowest BCUT2D eigenvalue weighted by Crippen LogP contribution is -2.49. The van der Waals surface area contributed by atoms with Gasteiger partial charge in [0.2, 0.25) is 5.91 Å². The second-order valence-electron chi connectivity index (χ2n) is 5.31. The molecule has 3 amide bonds. The van der Waals surface area contributed by atoms with Gasteiger partial charge in [0.15, 0.2) is 0 Å². The Morgan fingerprint density at radius 2 is 1.95 bits per heavy atom. The molecule has 2 aliphatic rings. The van der Waals surface area contributed by atoms with E-state index in [0.29, 0.717) is 39.4 Å². The Morgan fingerprint density at radius 1 is 1.24 bits per heavy atom. The molecule has 0 aliphatic carbocycles. The van der Waals surface area contributed by atoms with Crippen LogP contribution in [-0.2, 0) is 16.1 Å². The molecule has 6 nitrogen and oxygen atoms in total. The highest BCUT2D eigenvalue weighted by atomic mass is 16.5. The van der Waals surface area contributed by atoms with E-state index in [1.807, 2.05) is 30.3 Å². The molecule has 2 heterocycles. The van der Waals surface area contributed by atoms with Crippen molar-refractivity contribution in [3.05, 3.63) is 35.9 Å². The van der Waals surface area contributed by atoms with Crippen LogP contribution < -0.4 is 5.32 Å². The van der Waals surface area contributed by atoms with E-state index in [1.54, 1.807) is 9.80 Å². The molecular formula is C15H19N3O3. The summed E-state index contributed by atoms with van der Waals surface area (Å²) in [6, 6.07) is 9.16. The van der Waals surface area contributed by atoms with Crippen LogP contribution in [0, 0.1) is 0 Å². The van der Waals surface area contributed by atoms with Crippen molar-refractivity contribution in [3.63, 3.8) is 0 Å². The summed E-state index contributed by atoms with van der Waals surface area (Å²) in [5.41, 5.74) is 1.06. The van der Waals surface area contributed by atoms with E-state index in [1.165, 1.54) is 0 Å². The van der Waals surface area contributed by atoms with Crippen molar-refractivity contribution in [1.29, 1.82) is 0 Å². The number of morpholine rings is 1. The van der Waals surface area contributed by atoms with Crippen molar-refractivity contribution < 1.29 is 14.3 Å². The number of urea groups is 1. The molecule has 3 rings (SSSR count). The minimum absolute atomic E-state index is 0.0118. The van der Waals surface area contributed by atoms with E-state index >= 15 is 0 Å². The Morgan fingerprint density at radius 3 is 2.67 bits per heavy atom. The Hall–Kier alpha value is -2.08. The summed E-state index contributed by atoms with van der Waals surface area (Å²) in [6.07, 6.45) is 0. The van der Waals surface area contributed by atoms with Gasteiger partial charge in [-0.3, -0.25) is 4.79 Å². The van der Waals surface area contributed by atoms with Crippen LogP contribution in [0.25, 0.3) is 0 Å². The maximum atomic E-state index is 12.4. The van der Waals surface area contributed by atoms with Gasteiger partial charge >= 0.3 is 6.03 Å². The predicted octanol–water partition coefficient (Wildman–Crippen LogP) is 0.439. The fourth-order valence-electron chi connectivity index (χ4n) is 2.67. The highest BCUT2D eigenvalue weighted by Crippen LogP contribution is 2.12. The van der Waals surface area contributed by atoms with Gasteiger partial charge in [0.1, 0.15) is 6.04 Å². The molecule has 2 saturated heterocycles. The third-order valence-electron chi connectivity index (χ3n) is 3.82. The zero-order valence-corrected chi connectivity index (χ0v) is 11.8. The number of carbonyl (C=O) groups excluding carboxylic acids is 2. The van der Waals surface area contributed by atoms with E-state index in [0.717, 1.165) is 5.56 Å². The zero-order chi connectivity index (χ0) is 14.7. The van der Waals surface area contributed by atoms with Crippen LogP contribution in [0.1, 0.15) is 5.56 Å². The first-order valence-corrected chi connectivity index (χ1v) is 7.20. The van der Waals surface area contributed by atoms with E-state index in [4.69, 9.17) is 4.74 Å². The first-order valence-electron chi connectivity index (χ1n) is 7.20. The van der Waals surface area contributed by atoms with Crippen LogP contribution >= 0.6 is 0 Å². The number of benzene rings is 1. The van der Waals surface area contributed by atoms with Crippen LogP contribution in [0.2, 0.25) is 0 Å². The number of ether oxygens (including phenoxy) is 1. The summed E-state index contributed by atoms with van der Waals surface area (Å²) in [4.78, 5) is 27.8. The minimum Gasteiger partial charge on any atom is -0.378 e. The number of hydrogen-bond donors (Lipinski definition) is 1. The van der Waals surface area contributed by atoms with E-state index in [2.05, 4.69) is 5.32 Å². The van der Waals surface area contributed by atoms with Gasteiger partial charge in [-0.2, -0.15) is 0 Å². The zero-order valence-electron chi connectivity index (χ0n) is 11.8. The molecule has 21 heavy (non-hydrogen) atoms. The van der Waals surface area contributed by atoms with Crippen molar-refractivity contribution in [3.8, 4) is 0 Å². The molecule has 0 bridgehead atoms. The molecule has 0 aromatic heterocycles. The lowest BCUT2D eigenvalue weighted by molar-refractivity contribution is -0.136. The maximum Gasteiger partial charge on any atom is 0.318 e. The molecule has 2 fully saturated rings. The number of nitrogens with one attached hydrogen (secondary N) is 1. The fourth-order valence-corrected chi connectivity index (χ4v) is 2.67. The first kappa shape index (κ1) is 13.9. The Labute approximate surface area is 123 Å². The molecule has 1 N–H and O–H groups in total. The van der Waals surface area contributed by atoms with Crippen LogP contribution in [0.15, 0.2) is 30.3 Å². The van der Waals surface area contributed by atoms with Gasteiger partial charge in [-0.25, -0.2) is 4.79 Å². The molecule has 1 aromatic rings. The summed E-state index contributed by atoms with van der Waals surface area (Å²) >= 11 is 0. The third kappa shape index (κ3) is 3.16. The summed E-state index contributed by atoms with van der Waals surface area (Å²) in [5, 5.41) is 2.78. The van der Waals surface area contributed by atoms with E-state index < -0.39 is 6.04 Å². The predicted molar refractivity (Wildman–Crippen MR) is 76.6 cm³/mol. The molecule has 0 spiro atoms. The quantitative estimate of drug-likeness (QED) is 0.878. The number of nitrogens with zero attached hydrogens (tertiary/aromatic N) is 2. The number of amides is 3. The smallest absolute Gasteiger partial charge is 0.318 e. The molecule has 1 aromatic carbocycles. The molecule has 1 unspecified atom stereocenters.